The van der Waals surface area contributed by atoms with Gasteiger partial charge in [0.2, 0.25) is 11.8 Å². The molecule has 20 heavy (non-hydrogen) atoms. The van der Waals surface area contributed by atoms with Crippen molar-refractivity contribution in [3.63, 3.8) is 0 Å². The number of ether oxygens (including phenoxy) is 1. The number of carbonyl (C=O) groups excluding carboxylic acids is 1. The van der Waals surface area contributed by atoms with Crippen LogP contribution in [0.2, 0.25) is 0 Å². The lowest BCUT2D eigenvalue weighted by Gasteiger charge is -2.23. The zero-order chi connectivity index (χ0) is 15.1. The van der Waals surface area contributed by atoms with Crippen LogP contribution in [0.3, 0.4) is 0 Å². The predicted molar refractivity (Wildman–Crippen MR) is 79.6 cm³/mol. The SMILES string of the molecule is COc1cccc(CNC(CC(C)C)C(=O)N(C)C)n1. The molecule has 0 aromatic carbocycles. The second kappa shape index (κ2) is 7.85. The van der Waals surface area contributed by atoms with Crippen molar-refractivity contribution in [1.82, 2.24) is 15.2 Å². The van der Waals surface area contributed by atoms with Gasteiger partial charge in [-0.25, -0.2) is 4.98 Å². The van der Waals surface area contributed by atoms with E-state index in [0.29, 0.717) is 18.3 Å². The van der Waals surface area contributed by atoms with E-state index in [1.807, 2.05) is 12.1 Å². The molecule has 0 aliphatic rings. The molecule has 1 unspecified atom stereocenters. The number of nitrogens with zero attached hydrogens (tertiary/aromatic N) is 2. The quantitative estimate of drug-likeness (QED) is 0.825. The summed E-state index contributed by atoms with van der Waals surface area (Å²) in [7, 11) is 5.15. The molecule has 0 radical (unpaired) electrons. The summed E-state index contributed by atoms with van der Waals surface area (Å²) in [5.41, 5.74) is 0.865. The van der Waals surface area contributed by atoms with E-state index in [9.17, 15) is 4.79 Å². The summed E-state index contributed by atoms with van der Waals surface area (Å²) in [5, 5.41) is 3.29. The van der Waals surface area contributed by atoms with Crippen LogP contribution >= 0.6 is 0 Å². The maximum absolute atomic E-state index is 12.1. The minimum atomic E-state index is -0.182. The highest BCUT2D eigenvalue weighted by atomic mass is 16.5. The Morgan fingerprint density at radius 3 is 2.65 bits per heavy atom. The van der Waals surface area contributed by atoms with Crippen LogP contribution in [-0.4, -0.2) is 43.0 Å². The van der Waals surface area contributed by atoms with Gasteiger partial charge in [-0.2, -0.15) is 0 Å². The monoisotopic (exact) mass is 279 g/mol. The third-order valence-corrected chi connectivity index (χ3v) is 2.97. The van der Waals surface area contributed by atoms with Crippen molar-refractivity contribution in [2.75, 3.05) is 21.2 Å². The lowest BCUT2D eigenvalue weighted by molar-refractivity contribution is -0.131. The zero-order valence-electron chi connectivity index (χ0n) is 13.0. The summed E-state index contributed by atoms with van der Waals surface area (Å²) in [5.74, 6) is 1.14. The lowest BCUT2D eigenvalue weighted by Crippen LogP contribution is -2.44. The first kappa shape index (κ1) is 16.4. The van der Waals surface area contributed by atoms with E-state index in [-0.39, 0.29) is 11.9 Å². The molecule has 0 saturated carbocycles. The Kier molecular flexibility index (Phi) is 6.45. The number of amides is 1. The first-order valence-electron chi connectivity index (χ1n) is 6.88. The second-order valence-electron chi connectivity index (χ2n) is 5.47. The van der Waals surface area contributed by atoms with Crippen molar-refractivity contribution in [3.05, 3.63) is 23.9 Å². The first-order valence-corrected chi connectivity index (χ1v) is 6.88. The van der Waals surface area contributed by atoms with Crippen molar-refractivity contribution in [3.8, 4) is 5.88 Å². The molecule has 0 saturated heterocycles. The molecular formula is C15H25N3O2. The summed E-state index contributed by atoms with van der Waals surface area (Å²) in [6.45, 7) is 4.77. The zero-order valence-corrected chi connectivity index (χ0v) is 13.0. The van der Waals surface area contributed by atoms with E-state index in [4.69, 9.17) is 4.74 Å². The molecule has 0 spiro atoms. The Bertz CT molecular complexity index is 433. The van der Waals surface area contributed by atoms with Gasteiger partial charge in [0, 0.05) is 26.7 Å². The Morgan fingerprint density at radius 2 is 2.10 bits per heavy atom. The van der Waals surface area contributed by atoms with Crippen molar-refractivity contribution in [1.29, 1.82) is 0 Å². The van der Waals surface area contributed by atoms with Crippen molar-refractivity contribution >= 4 is 5.91 Å². The summed E-state index contributed by atoms with van der Waals surface area (Å²) >= 11 is 0. The van der Waals surface area contributed by atoms with Gasteiger partial charge in [0.05, 0.1) is 18.8 Å². The third-order valence-electron chi connectivity index (χ3n) is 2.97. The Morgan fingerprint density at radius 1 is 1.40 bits per heavy atom. The highest BCUT2D eigenvalue weighted by molar-refractivity contribution is 5.81. The molecular weight excluding hydrogens is 254 g/mol. The maximum atomic E-state index is 12.1. The average Bonchev–Trinajstić information content (AvgIpc) is 2.42. The van der Waals surface area contributed by atoms with Gasteiger partial charge in [0.1, 0.15) is 0 Å². The van der Waals surface area contributed by atoms with Gasteiger partial charge >= 0.3 is 0 Å². The Hall–Kier alpha value is -1.62. The molecule has 0 aliphatic heterocycles. The van der Waals surface area contributed by atoms with Gasteiger partial charge in [-0.1, -0.05) is 19.9 Å². The van der Waals surface area contributed by atoms with E-state index in [1.165, 1.54) is 0 Å². The maximum Gasteiger partial charge on any atom is 0.239 e. The number of pyridine rings is 1. The lowest BCUT2D eigenvalue weighted by atomic mass is 10.0. The summed E-state index contributed by atoms with van der Waals surface area (Å²) in [4.78, 5) is 18.1. The molecule has 1 N–H and O–H groups in total. The Labute approximate surface area is 121 Å². The van der Waals surface area contributed by atoms with E-state index in [0.717, 1.165) is 12.1 Å². The van der Waals surface area contributed by atoms with Gasteiger partial charge in [-0.3, -0.25) is 4.79 Å². The third kappa shape index (κ3) is 5.17. The van der Waals surface area contributed by atoms with Gasteiger partial charge in [-0.05, 0) is 18.4 Å². The standard InChI is InChI=1S/C15H25N3O2/c1-11(2)9-13(15(19)18(3)4)16-10-12-7-6-8-14(17-12)20-5/h6-8,11,13,16H,9-10H2,1-5H3. The molecule has 1 heterocycles. The van der Waals surface area contributed by atoms with Gasteiger partial charge in [0.25, 0.3) is 0 Å². The Balaban J connectivity index is 2.67. The first-order chi connectivity index (χ1) is 9.43. The smallest absolute Gasteiger partial charge is 0.239 e. The van der Waals surface area contributed by atoms with Crippen LogP contribution in [0, 0.1) is 5.92 Å². The minimum Gasteiger partial charge on any atom is -0.481 e. The van der Waals surface area contributed by atoms with Crippen LogP contribution in [0.1, 0.15) is 26.0 Å². The minimum absolute atomic E-state index is 0.0987. The van der Waals surface area contributed by atoms with Crippen LogP contribution in [-0.2, 0) is 11.3 Å². The number of methoxy groups -OCH3 is 1. The fourth-order valence-corrected chi connectivity index (χ4v) is 1.95. The molecule has 0 fully saturated rings. The molecule has 5 heteroatoms. The van der Waals surface area contributed by atoms with Crippen LogP contribution in [0.15, 0.2) is 18.2 Å². The highest BCUT2D eigenvalue weighted by Gasteiger charge is 2.20. The number of hydrogen-bond acceptors (Lipinski definition) is 4. The molecule has 0 aliphatic carbocycles. The molecule has 1 amide bonds. The summed E-state index contributed by atoms with van der Waals surface area (Å²) < 4.78 is 5.10. The second-order valence-corrected chi connectivity index (χ2v) is 5.47. The van der Waals surface area contributed by atoms with Crippen LogP contribution < -0.4 is 10.1 Å². The molecule has 1 rings (SSSR count). The molecule has 5 nitrogen and oxygen atoms in total. The summed E-state index contributed by atoms with van der Waals surface area (Å²) in [6, 6.07) is 5.44. The van der Waals surface area contributed by atoms with Gasteiger partial charge < -0.3 is 15.0 Å². The van der Waals surface area contributed by atoms with Gasteiger partial charge in [-0.15, -0.1) is 0 Å². The summed E-state index contributed by atoms with van der Waals surface area (Å²) in [6.07, 6.45) is 0.807. The number of likely N-dealkylation sites (N-methyl/N-ethyl adjacent to an activating group) is 1. The van der Waals surface area contributed by atoms with Gasteiger partial charge in [0.15, 0.2) is 0 Å². The van der Waals surface area contributed by atoms with Crippen molar-refractivity contribution in [2.24, 2.45) is 5.92 Å². The topological polar surface area (TPSA) is 54.5 Å². The molecule has 112 valence electrons. The fourth-order valence-electron chi connectivity index (χ4n) is 1.95. The predicted octanol–water partition coefficient (Wildman–Crippen LogP) is 1.68. The highest BCUT2D eigenvalue weighted by Crippen LogP contribution is 2.10. The van der Waals surface area contributed by atoms with Crippen LogP contribution in [0.25, 0.3) is 0 Å². The fraction of sp³-hybridized carbons (Fsp3) is 0.600. The average molecular weight is 279 g/mol. The van der Waals surface area contributed by atoms with E-state index >= 15 is 0 Å². The van der Waals surface area contributed by atoms with E-state index in [1.54, 1.807) is 32.2 Å². The molecule has 0 bridgehead atoms. The number of aromatic nitrogens is 1. The molecule has 1 atom stereocenters. The number of carbonyl (C=O) groups is 1. The van der Waals surface area contributed by atoms with E-state index in [2.05, 4.69) is 24.1 Å². The van der Waals surface area contributed by atoms with E-state index < -0.39 is 0 Å². The van der Waals surface area contributed by atoms with Crippen LogP contribution in [0.4, 0.5) is 0 Å². The normalized spacial score (nSPS) is 12.3. The largest absolute Gasteiger partial charge is 0.481 e. The number of nitrogens with one attached hydrogen (secondary N) is 1. The van der Waals surface area contributed by atoms with Crippen molar-refractivity contribution in [2.45, 2.75) is 32.9 Å². The number of rotatable bonds is 7. The number of hydrogen-bond donors (Lipinski definition) is 1. The molecule has 1 aromatic heterocycles. The van der Waals surface area contributed by atoms with Crippen LogP contribution in [0.5, 0.6) is 5.88 Å². The van der Waals surface area contributed by atoms with Crippen molar-refractivity contribution < 1.29 is 9.53 Å². The molecule has 1 aromatic rings.